The fourth-order valence-electron chi connectivity index (χ4n) is 2.18. The molecule has 0 radical (unpaired) electrons. The number of aromatic nitrogens is 2. The molecule has 1 fully saturated rings. The first-order valence-electron chi connectivity index (χ1n) is 6.43. The molecule has 0 bridgehead atoms. The van der Waals surface area contributed by atoms with Crippen molar-refractivity contribution in [1.82, 2.24) is 15.1 Å². The lowest BCUT2D eigenvalue weighted by Crippen LogP contribution is -2.22. The van der Waals surface area contributed by atoms with Crippen molar-refractivity contribution in [2.75, 3.05) is 13.1 Å². The number of hydrogen-bond acceptors (Lipinski definition) is 2. The number of rotatable bonds is 6. The zero-order chi connectivity index (χ0) is 11.5. The molecule has 2 unspecified atom stereocenters. The topological polar surface area (TPSA) is 29.9 Å². The Hall–Kier alpha value is -0.830. The van der Waals surface area contributed by atoms with Crippen LogP contribution in [0.1, 0.15) is 38.7 Å². The van der Waals surface area contributed by atoms with Crippen molar-refractivity contribution >= 4 is 0 Å². The SMILES string of the molecule is CCn1cc(C2CC2CNCC(C)C)cn1. The second-order valence-corrected chi connectivity index (χ2v) is 5.28. The van der Waals surface area contributed by atoms with Gasteiger partial charge in [0.15, 0.2) is 0 Å². The summed E-state index contributed by atoms with van der Waals surface area (Å²) < 4.78 is 2.02. The highest BCUT2D eigenvalue weighted by Gasteiger charge is 2.38. The van der Waals surface area contributed by atoms with Crippen LogP contribution in [0.25, 0.3) is 0 Å². The predicted octanol–water partition coefficient (Wildman–Crippen LogP) is 2.25. The van der Waals surface area contributed by atoms with E-state index in [1.165, 1.54) is 18.5 Å². The van der Waals surface area contributed by atoms with Gasteiger partial charge in [0.1, 0.15) is 0 Å². The molecule has 1 N–H and O–H groups in total. The summed E-state index contributed by atoms with van der Waals surface area (Å²) in [5, 5.41) is 7.88. The van der Waals surface area contributed by atoms with Gasteiger partial charge >= 0.3 is 0 Å². The second-order valence-electron chi connectivity index (χ2n) is 5.28. The molecule has 1 aromatic heterocycles. The van der Waals surface area contributed by atoms with Gasteiger partial charge in [-0.3, -0.25) is 4.68 Å². The Balaban J connectivity index is 1.74. The minimum atomic E-state index is 0.750. The quantitative estimate of drug-likeness (QED) is 0.798. The van der Waals surface area contributed by atoms with Crippen LogP contribution < -0.4 is 5.32 Å². The highest BCUT2D eigenvalue weighted by atomic mass is 15.3. The van der Waals surface area contributed by atoms with Gasteiger partial charge in [0.2, 0.25) is 0 Å². The van der Waals surface area contributed by atoms with Crippen LogP contribution in [0.15, 0.2) is 12.4 Å². The average molecular weight is 221 g/mol. The molecule has 0 aliphatic heterocycles. The molecule has 1 saturated carbocycles. The van der Waals surface area contributed by atoms with Gasteiger partial charge in [0, 0.05) is 12.7 Å². The molecule has 3 heteroatoms. The van der Waals surface area contributed by atoms with Crippen LogP contribution in [0, 0.1) is 11.8 Å². The van der Waals surface area contributed by atoms with Crippen molar-refractivity contribution in [3.05, 3.63) is 18.0 Å². The van der Waals surface area contributed by atoms with Gasteiger partial charge in [0.05, 0.1) is 6.20 Å². The van der Waals surface area contributed by atoms with Crippen LogP contribution in [-0.4, -0.2) is 22.9 Å². The van der Waals surface area contributed by atoms with Crippen molar-refractivity contribution in [1.29, 1.82) is 0 Å². The van der Waals surface area contributed by atoms with Crippen LogP contribution in [0.3, 0.4) is 0 Å². The first-order chi connectivity index (χ1) is 7.70. The molecular formula is C13H23N3. The van der Waals surface area contributed by atoms with Crippen LogP contribution in [0.2, 0.25) is 0 Å². The smallest absolute Gasteiger partial charge is 0.0524 e. The van der Waals surface area contributed by atoms with Crippen molar-refractivity contribution < 1.29 is 0 Å². The number of nitrogens with zero attached hydrogens (tertiary/aromatic N) is 2. The normalized spacial score (nSPS) is 24.0. The van der Waals surface area contributed by atoms with E-state index in [0.29, 0.717) is 0 Å². The Labute approximate surface area is 98.2 Å². The zero-order valence-corrected chi connectivity index (χ0v) is 10.6. The van der Waals surface area contributed by atoms with E-state index in [1.54, 1.807) is 0 Å². The maximum Gasteiger partial charge on any atom is 0.0524 e. The largest absolute Gasteiger partial charge is 0.316 e. The molecule has 1 heterocycles. The molecule has 1 aliphatic carbocycles. The minimum absolute atomic E-state index is 0.750. The van der Waals surface area contributed by atoms with Gasteiger partial charge in [0.25, 0.3) is 0 Å². The Kier molecular flexibility index (Phi) is 3.64. The third-order valence-electron chi connectivity index (χ3n) is 3.29. The van der Waals surface area contributed by atoms with Crippen LogP contribution in [0.4, 0.5) is 0 Å². The molecule has 2 atom stereocenters. The number of aryl methyl sites for hydroxylation is 1. The van der Waals surface area contributed by atoms with E-state index in [4.69, 9.17) is 0 Å². The summed E-state index contributed by atoms with van der Waals surface area (Å²) >= 11 is 0. The molecular weight excluding hydrogens is 198 g/mol. The maximum atomic E-state index is 4.34. The lowest BCUT2D eigenvalue weighted by molar-refractivity contribution is 0.532. The third-order valence-corrected chi connectivity index (χ3v) is 3.29. The molecule has 16 heavy (non-hydrogen) atoms. The number of nitrogens with one attached hydrogen (secondary N) is 1. The molecule has 2 rings (SSSR count). The fraction of sp³-hybridized carbons (Fsp3) is 0.769. The van der Waals surface area contributed by atoms with E-state index in [0.717, 1.165) is 30.8 Å². The lowest BCUT2D eigenvalue weighted by atomic mass is 10.2. The van der Waals surface area contributed by atoms with Gasteiger partial charge in [-0.05, 0) is 49.8 Å². The van der Waals surface area contributed by atoms with Crippen LogP contribution >= 0.6 is 0 Å². The Morgan fingerprint density at radius 1 is 1.56 bits per heavy atom. The maximum absolute atomic E-state index is 4.34. The monoisotopic (exact) mass is 221 g/mol. The molecule has 90 valence electrons. The lowest BCUT2D eigenvalue weighted by Gasteiger charge is -2.06. The summed E-state index contributed by atoms with van der Waals surface area (Å²) in [5.41, 5.74) is 1.43. The minimum Gasteiger partial charge on any atom is -0.316 e. The van der Waals surface area contributed by atoms with Crippen molar-refractivity contribution in [3.8, 4) is 0 Å². The van der Waals surface area contributed by atoms with Crippen molar-refractivity contribution in [2.45, 2.75) is 39.7 Å². The van der Waals surface area contributed by atoms with E-state index in [9.17, 15) is 0 Å². The van der Waals surface area contributed by atoms with E-state index >= 15 is 0 Å². The first-order valence-corrected chi connectivity index (χ1v) is 6.43. The first kappa shape index (κ1) is 11.6. The number of hydrogen-bond donors (Lipinski definition) is 1. The third kappa shape index (κ3) is 2.85. The standard InChI is InChI=1S/C13H23N3/c1-4-16-9-12(8-15-16)13-5-11(13)7-14-6-10(2)3/h8-11,13-14H,4-7H2,1-3H3. The summed E-state index contributed by atoms with van der Waals surface area (Å²) in [7, 11) is 0. The summed E-state index contributed by atoms with van der Waals surface area (Å²) in [6.07, 6.45) is 5.57. The average Bonchev–Trinajstić information content (AvgIpc) is 2.86. The predicted molar refractivity (Wildman–Crippen MR) is 66.5 cm³/mol. The van der Waals surface area contributed by atoms with E-state index in [2.05, 4.69) is 37.4 Å². The van der Waals surface area contributed by atoms with E-state index in [1.807, 2.05) is 10.9 Å². The van der Waals surface area contributed by atoms with Crippen LogP contribution in [-0.2, 0) is 6.54 Å². The van der Waals surface area contributed by atoms with Gasteiger partial charge in [-0.1, -0.05) is 13.8 Å². The second kappa shape index (κ2) is 5.00. The Morgan fingerprint density at radius 2 is 2.38 bits per heavy atom. The highest BCUT2D eigenvalue weighted by Crippen LogP contribution is 2.46. The summed E-state index contributed by atoms with van der Waals surface area (Å²) in [4.78, 5) is 0. The molecule has 0 spiro atoms. The van der Waals surface area contributed by atoms with Crippen molar-refractivity contribution in [3.63, 3.8) is 0 Å². The molecule has 1 aliphatic rings. The van der Waals surface area contributed by atoms with Gasteiger partial charge < -0.3 is 5.32 Å². The summed E-state index contributed by atoms with van der Waals surface area (Å²) in [6.45, 7) is 9.91. The van der Waals surface area contributed by atoms with E-state index < -0.39 is 0 Å². The van der Waals surface area contributed by atoms with Gasteiger partial charge in [-0.2, -0.15) is 5.10 Å². The summed E-state index contributed by atoms with van der Waals surface area (Å²) in [5.74, 6) is 2.35. The zero-order valence-electron chi connectivity index (χ0n) is 10.6. The van der Waals surface area contributed by atoms with E-state index in [-0.39, 0.29) is 0 Å². The van der Waals surface area contributed by atoms with Gasteiger partial charge in [-0.25, -0.2) is 0 Å². The molecule has 3 nitrogen and oxygen atoms in total. The highest BCUT2D eigenvalue weighted by molar-refractivity contribution is 5.20. The van der Waals surface area contributed by atoms with Gasteiger partial charge in [-0.15, -0.1) is 0 Å². The Morgan fingerprint density at radius 3 is 3.00 bits per heavy atom. The molecule has 0 saturated heterocycles. The summed E-state index contributed by atoms with van der Waals surface area (Å²) in [6, 6.07) is 0. The molecule has 1 aromatic rings. The Bertz CT molecular complexity index is 330. The van der Waals surface area contributed by atoms with Crippen molar-refractivity contribution in [2.24, 2.45) is 11.8 Å². The van der Waals surface area contributed by atoms with Crippen LogP contribution in [0.5, 0.6) is 0 Å². The molecule has 0 amide bonds. The fourth-order valence-corrected chi connectivity index (χ4v) is 2.18. The molecule has 0 aromatic carbocycles.